The lowest BCUT2D eigenvalue weighted by molar-refractivity contribution is -0.179. The second-order valence-corrected chi connectivity index (χ2v) is 8.47. The maximum Gasteiger partial charge on any atom is 0.251 e. The van der Waals surface area contributed by atoms with Gasteiger partial charge < -0.3 is 25.4 Å². The first-order valence-electron chi connectivity index (χ1n) is 11.1. The highest BCUT2D eigenvalue weighted by molar-refractivity contribution is 5.95. The van der Waals surface area contributed by atoms with Gasteiger partial charge in [0.05, 0.1) is 18.8 Å². The van der Waals surface area contributed by atoms with Crippen LogP contribution in [0, 0.1) is 6.92 Å². The maximum absolute atomic E-state index is 12.0. The molecule has 0 radical (unpaired) electrons. The van der Waals surface area contributed by atoms with Crippen molar-refractivity contribution in [3.63, 3.8) is 0 Å². The minimum Gasteiger partial charge on any atom is -0.394 e. The smallest absolute Gasteiger partial charge is 0.251 e. The van der Waals surface area contributed by atoms with Crippen LogP contribution in [0.2, 0.25) is 0 Å². The zero-order valence-corrected chi connectivity index (χ0v) is 18.7. The summed E-state index contributed by atoms with van der Waals surface area (Å²) >= 11 is 0. The summed E-state index contributed by atoms with van der Waals surface area (Å²) < 4.78 is 5.85. The van der Waals surface area contributed by atoms with E-state index in [1.54, 1.807) is 13.1 Å². The van der Waals surface area contributed by atoms with Crippen molar-refractivity contribution in [2.24, 2.45) is 0 Å². The monoisotopic (exact) mass is 447 g/mol. The molecule has 0 aliphatic carbocycles. The Hall–Kier alpha value is -3.03. The Bertz CT molecular complexity index is 1140. The molecule has 1 amide bonds. The number of rotatable bonds is 5. The minimum absolute atomic E-state index is 0.123. The zero-order valence-electron chi connectivity index (χ0n) is 18.7. The van der Waals surface area contributed by atoms with Gasteiger partial charge in [-0.2, -0.15) is 0 Å². The number of carbonyl (C=O) groups is 1. The van der Waals surface area contributed by atoms with E-state index in [4.69, 9.17) is 4.74 Å². The second-order valence-electron chi connectivity index (χ2n) is 8.47. The molecule has 33 heavy (non-hydrogen) atoms. The standard InChI is InChI=1S/C27H29NO5/c1-16-11-18(17-5-3-8-21(12-17)27(32)28-2)9-10-23(16)19-6-4-7-20(13-19)26-25(31)24(30)14-22(15-29)33-26/h3-13,22,24-26,29-31H,14-15H2,1-2H3,(H,28,32)/t22?,24?,25?,26-/m1/s1. The highest BCUT2D eigenvalue weighted by Crippen LogP contribution is 2.35. The number of benzene rings is 3. The molecule has 0 saturated carbocycles. The Kier molecular flexibility index (Phi) is 6.91. The number of hydrogen-bond donors (Lipinski definition) is 4. The van der Waals surface area contributed by atoms with Gasteiger partial charge in [0.1, 0.15) is 12.2 Å². The molecule has 6 heteroatoms. The van der Waals surface area contributed by atoms with Gasteiger partial charge in [-0.1, -0.05) is 48.5 Å². The number of amides is 1. The fourth-order valence-electron chi connectivity index (χ4n) is 4.38. The van der Waals surface area contributed by atoms with Gasteiger partial charge >= 0.3 is 0 Å². The Balaban J connectivity index is 1.64. The SMILES string of the molecule is CNC(=O)c1cccc(-c2ccc(-c3cccc([C@H]4OC(CO)CC(O)C4O)c3)c(C)c2)c1. The predicted octanol–water partition coefficient (Wildman–Crippen LogP) is 3.23. The van der Waals surface area contributed by atoms with Crippen molar-refractivity contribution in [3.05, 3.63) is 83.4 Å². The molecule has 0 spiro atoms. The molecule has 4 N–H and O–H groups in total. The minimum atomic E-state index is -1.06. The quantitative estimate of drug-likeness (QED) is 0.481. The molecule has 3 aromatic carbocycles. The number of hydrogen-bond acceptors (Lipinski definition) is 5. The van der Waals surface area contributed by atoms with Crippen LogP contribution >= 0.6 is 0 Å². The van der Waals surface area contributed by atoms with Gasteiger partial charge in [0.25, 0.3) is 5.91 Å². The van der Waals surface area contributed by atoms with Crippen molar-refractivity contribution < 1.29 is 24.9 Å². The lowest BCUT2D eigenvalue weighted by atomic mass is 9.90. The van der Waals surface area contributed by atoms with Gasteiger partial charge in [-0.3, -0.25) is 4.79 Å². The third kappa shape index (κ3) is 4.84. The van der Waals surface area contributed by atoms with Gasteiger partial charge in [-0.15, -0.1) is 0 Å². The fourth-order valence-corrected chi connectivity index (χ4v) is 4.38. The first-order chi connectivity index (χ1) is 15.9. The Morgan fingerprint density at radius 2 is 1.73 bits per heavy atom. The molecule has 3 unspecified atom stereocenters. The van der Waals surface area contributed by atoms with Crippen LogP contribution in [0.1, 0.15) is 34.0 Å². The maximum atomic E-state index is 12.0. The number of nitrogens with one attached hydrogen (secondary N) is 1. The highest BCUT2D eigenvalue weighted by Gasteiger charge is 2.37. The van der Waals surface area contributed by atoms with Crippen LogP contribution in [0.3, 0.4) is 0 Å². The molecule has 1 saturated heterocycles. The molecule has 0 bridgehead atoms. The van der Waals surface area contributed by atoms with Crippen molar-refractivity contribution in [1.82, 2.24) is 5.32 Å². The van der Waals surface area contributed by atoms with Gasteiger partial charge in [0.15, 0.2) is 0 Å². The van der Waals surface area contributed by atoms with E-state index < -0.39 is 24.4 Å². The number of aliphatic hydroxyl groups excluding tert-OH is 3. The van der Waals surface area contributed by atoms with Gasteiger partial charge in [0.2, 0.25) is 0 Å². The molecule has 1 fully saturated rings. The average Bonchev–Trinajstić information content (AvgIpc) is 2.85. The van der Waals surface area contributed by atoms with E-state index in [0.29, 0.717) is 5.56 Å². The van der Waals surface area contributed by atoms with Crippen molar-refractivity contribution in [2.75, 3.05) is 13.7 Å². The molecule has 3 aromatic rings. The highest BCUT2D eigenvalue weighted by atomic mass is 16.5. The molecule has 1 heterocycles. The van der Waals surface area contributed by atoms with Crippen LogP contribution in [0.5, 0.6) is 0 Å². The summed E-state index contributed by atoms with van der Waals surface area (Å²) in [6, 6.07) is 21.4. The van der Waals surface area contributed by atoms with E-state index in [-0.39, 0.29) is 18.9 Å². The van der Waals surface area contributed by atoms with Crippen LogP contribution in [0.15, 0.2) is 66.7 Å². The molecule has 1 aliphatic rings. The van der Waals surface area contributed by atoms with E-state index in [2.05, 4.69) is 11.4 Å². The Morgan fingerprint density at radius 1 is 1.00 bits per heavy atom. The lowest BCUT2D eigenvalue weighted by Crippen LogP contribution is -2.44. The summed E-state index contributed by atoms with van der Waals surface area (Å²) in [4.78, 5) is 12.0. The van der Waals surface area contributed by atoms with Gasteiger partial charge in [0, 0.05) is 19.0 Å². The van der Waals surface area contributed by atoms with Gasteiger partial charge in [-0.25, -0.2) is 0 Å². The molecule has 4 rings (SSSR count). The van der Waals surface area contributed by atoms with Crippen LogP contribution in [0.4, 0.5) is 0 Å². The largest absolute Gasteiger partial charge is 0.394 e. The molecule has 1 aliphatic heterocycles. The normalized spacial score (nSPS) is 22.7. The van der Waals surface area contributed by atoms with Crippen molar-refractivity contribution in [2.45, 2.75) is 37.8 Å². The average molecular weight is 448 g/mol. The van der Waals surface area contributed by atoms with E-state index in [0.717, 1.165) is 33.4 Å². The van der Waals surface area contributed by atoms with Crippen molar-refractivity contribution in [1.29, 1.82) is 0 Å². The van der Waals surface area contributed by atoms with Crippen molar-refractivity contribution in [3.8, 4) is 22.3 Å². The van der Waals surface area contributed by atoms with Crippen LogP contribution < -0.4 is 5.32 Å². The third-order valence-corrected chi connectivity index (χ3v) is 6.19. The topological polar surface area (TPSA) is 99.0 Å². The third-order valence-electron chi connectivity index (χ3n) is 6.19. The summed E-state index contributed by atoms with van der Waals surface area (Å²) in [5.74, 6) is -0.123. The summed E-state index contributed by atoms with van der Waals surface area (Å²) in [5, 5.41) is 32.8. The van der Waals surface area contributed by atoms with E-state index in [1.807, 2.05) is 61.5 Å². The van der Waals surface area contributed by atoms with Crippen LogP contribution in [-0.4, -0.2) is 53.2 Å². The van der Waals surface area contributed by atoms with Crippen molar-refractivity contribution >= 4 is 5.91 Å². The zero-order chi connectivity index (χ0) is 23.5. The number of aryl methyl sites for hydroxylation is 1. The molecular formula is C27H29NO5. The summed E-state index contributed by atoms with van der Waals surface area (Å²) in [7, 11) is 1.62. The Labute approximate surface area is 193 Å². The van der Waals surface area contributed by atoms with Crippen LogP contribution in [0.25, 0.3) is 22.3 Å². The summed E-state index contributed by atoms with van der Waals surface area (Å²) in [6.07, 6.45) is -3.02. The number of aliphatic hydroxyl groups is 3. The lowest BCUT2D eigenvalue weighted by Gasteiger charge is -2.37. The first kappa shape index (κ1) is 23.1. The molecular weight excluding hydrogens is 418 g/mol. The summed E-state index contributed by atoms with van der Waals surface area (Å²) in [6.45, 7) is 1.83. The molecule has 4 atom stereocenters. The second kappa shape index (κ2) is 9.85. The molecule has 172 valence electrons. The van der Waals surface area contributed by atoms with E-state index in [1.165, 1.54) is 0 Å². The van der Waals surface area contributed by atoms with Crippen LogP contribution in [-0.2, 0) is 4.74 Å². The van der Waals surface area contributed by atoms with E-state index >= 15 is 0 Å². The van der Waals surface area contributed by atoms with Gasteiger partial charge in [-0.05, 0) is 58.5 Å². The number of carbonyl (C=O) groups excluding carboxylic acids is 1. The fraction of sp³-hybridized carbons (Fsp3) is 0.296. The van der Waals surface area contributed by atoms with E-state index in [9.17, 15) is 20.1 Å². The number of ether oxygens (including phenoxy) is 1. The Morgan fingerprint density at radius 3 is 2.45 bits per heavy atom. The molecule has 6 nitrogen and oxygen atoms in total. The predicted molar refractivity (Wildman–Crippen MR) is 127 cm³/mol. The first-order valence-corrected chi connectivity index (χ1v) is 11.1. The summed E-state index contributed by atoms with van der Waals surface area (Å²) in [5.41, 5.74) is 6.39. The molecule has 0 aromatic heterocycles.